The van der Waals surface area contributed by atoms with E-state index >= 15 is 0 Å². The Kier molecular flexibility index (Phi) is 4.19. The van der Waals surface area contributed by atoms with Gasteiger partial charge in [0.15, 0.2) is 0 Å². The zero-order valence-corrected chi connectivity index (χ0v) is 13.3. The van der Waals surface area contributed by atoms with Gasteiger partial charge in [0.1, 0.15) is 23.7 Å². The van der Waals surface area contributed by atoms with Crippen LogP contribution in [0.3, 0.4) is 0 Å². The molecule has 1 N–H and O–H groups in total. The number of aliphatic hydroxyl groups excluding tert-OH is 1. The van der Waals surface area contributed by atoms with Crippen LogP contribution in [0.25, 0.3) is 10.9 Å². The van der Waals surface area contributed by atoms with Gasteiger partial charge in [0.05, 0.1) is 18.3 Å². The minimum absolute atomic E-state index is 0.195. The van der Waals surface area contributed by atoms with E-state index < -0.39 is 6.10 Å². The summed E-state index contributed by atoms with van der Waals surface area (Å²) >= 11 is 0. The molecule has 0 saturated carbocycles. The van der Waals surface area contributed by atoms with E-state index in [4.69, 9.17) is 9.15 Å². The molecular weight excluding hydrogens is 304 g/mol. The lowest BCUT2D eigenvalue weighted by Crippen LogP contribution is -2.48. The second-order valence-corrected chi connectivity index (χ2v) is 6.18. The Bertz CT molecular complexity index is 803. The highest BCUT2D eigenvalue weighted by Crippen LogP contribution is 2.23. The molecule has 0 aliphatic carbocycles. The molecule has 5 nitrogen and oxygen atoms in total. The van der Waals surface area contributed by atoms with Crippen molar-refractivity contribution < 1.29 is 14.3 Å². The van der Waals surface area contributed by atoms with Gasteiger partial charge in [-0.1, -0.05) is 6.07 Å². The van der Waals surface area contributed by atoms with Gasteiger partial charge in [0, 0.05) is 30.7 Å². The maximum absolute atomic E-state index is 10.4. The third-order valence-corrected chi connectivity index (χ3v) is 4.43. The van der Waals surface area contributed by atoms with Gasteiger partial charge in [-0.05, 0) is 36.8 Å². The Morgan fingerprint density at radius 1 is 1.25 bits per heavy atom. The Morgan fingerprint density at radius 2 is 2.21 bits per heavy atom. The van der Waals surface area contributed by atoms with Gasteiger partial charge >= 0.3 is 0 Å². The molecule has 1 saturated heterocycles. The molecule has 0 spiro atoms. The predicted molar refractivity (Wildman–Crippen MR) is 90.8 cm³/mol. The Hall–Kier alpha value is -2.37. The summed E-state index contributed by atoms with van der Waals surface area (Å²) in [5.41, 5.74) is 0.903. The summed E-state index contributed by atoms with van der Waals surface area (Å²) in [6.07, 6.45) is 3.51. The number of ether oxygens (including phenoxy) is 1. The van der Waals surface area contributed by atoms with Crippen molar-refractivity contribution in [2.75, 3.05) is 13.1 Å². The van der Waals surface area contributed by atoms with Gasteiger partial charge < -0.3 is 14.3 Å². The van der Waals surface area contributed by atoms with E-state index in [1.54, 1.807) is 12.5 Å². The lowest BCUT2D eigenvalue weighted by molar-refractivity contribution is -0.0288. The fourth-order valence-electron chi connectivity index (χ4n) is 3.17. The van der Waals surface area contributed by atoms with Crippen molar-refractivity contribution in [2.24, 2.45) is 0 Å². The molecule has 1 aliphatic rings. The van der Waals surface area contributed by atoms with Crippen LogP contribution in [0.5, 0.6) is 5.75 Å². The average Bonchev–Trinajstić information content (AvgIpc) is 3.10. The van der Waals surface area contributed by atoms with Gasteiger partial charge in [-0.2, -0.15) is 0 Å². The van der Waals surface area contributed by atoms with Crippen LogP contribution in [0.1, 0.15) is 12.2 Å². The number of pyridine rings is 1. The fraction of sp³-hybridized carbons (Fsp3) is 0.316. The highest BCUT2D eigenvalue weighted by Gasteiger charge is 2.29. The molecular formula is C19H20N2O3. The molecule has 1 aromatic carbocycles. The summed E-state index contributed by atoms with van der Waals surface area (Å²) in [7, 11) is 0. The number of hydrogen-bond acceptors (Lipinski definition) is 5. The molecule has 24 heavy (non-hydrogen) atoms. The van der Waals surface area contributed by atoms with Crippen LogP contribution < -0.4 is 4.74 Å². The van der Waals surface area contributed by atoms with Crippen molar-refractivity contribution in [3.05, 3.63) is 60.7 Å². The molecule has 3 heterocycles. The summed E-state index contributed by atoms with van der Waals surface area (Å²) in [6.45, 7) is 2.17. The minimum Gasteiger partial charge on any atom is -0.488 e. The van der Waals surface area contributed by atoms with Gasteiger partial charge in [-0.15, -0.1) is 0 Å². The molecule has 0 radical (unpaired) electrons. The first-order valence-corrected chi connectivity index (χ1v) is 8.22. The van der Waals surface area contributed by atoms with Crippen LogP contribution in [0.4, 0.5) is 0 Å². The molecule has 3 aromatic rings. The lowest BCUT2D eigenvalue weighted by Gasteiger charge is -2.35. The maximum Gasteiger partial charge on any atom is 0.127 e. The van der Waals surface area contributed by atoms with Crippen molar-refractivity contribution in [2.45, 2.75) is 25.2 Å². The lowest BCUT2D eigenvalue weighted by atomic mass is 10.0. The van der Waals surface area contributed by atoms with Crippen molar-refractivity contribution in [1.82, 2.24) is 9.88 Å². The summed E-state index contributed by atoms with van der Waals surface area (Å²) in [5.74, 6) is 1.67. The molecule has 0 amide bonds. The number of piperidine rings is 1. The van der Waals surface area contributed by atoms with Crippen LogP contribution in [0.15, 0.2) is 59.3 Å². The van der Waals surface area contributed by atoms with E-state index in [1.807, 2.05) is 42.5 Å². The van der Waals surface area contributed by atoms with E-state index in [-0.39, 0.29) is 6.10 Å². The van der Waals surface area contributed by atoms with Crippen molar-refractivity contribution in [3.63, 3.8) is 0 Å². The SMILES string of the molecule is O[C@@H]1CN(Cc2ccco2)CC[C@H]1Oc1ccc2cccnc2c1. The zero-order chi connectivity index (χ0) is 16.4. The topological polar surface area (TPSA) is 58.7 Å². The first kappa shape index (κ1) is 15.2. The number of nitrogens with zero attached hydrogens (tertiary/aromatic N) is 2. The molecule has 124 valence electrons. The summed E-state index contributed by atoms with van der Waals surface area (Å²) < 4.78 is 11.4. The molecule has 0 bridgehead atoms. The number of fused-ring (bicyclic) bond motifs is 1. The zero-order valence-electron chi connectivity index (χ0n) is 13.3. The summed E-state index contributed by atoms with van der Waals surface area (Å²) in [5, 5.41) is 11.5. The van der Waals surface area contributed by atoms with Crippen LogP contribution in [0, 0.1) is 0 Å². The van der Waals surface area contributed by atoms with Crippen LogP contribution in [0.2, 0.25) is 0 Å². The highest BCUT2D eigenvalue weighted by molar-refractivity contribution is 5.79. The second-order valence-electron chi connectivity index (χ2n) is 6.18. The summed E-state index contributed by atoms with van der Waals surface area (Å²) in [4.78, 5) is 6.53. The molecule has 2 atom stereocenters. The number of β-amino-alcohol motifs (C(OH)–C–C–N with tert-alkyl or cyclic N) is 1. The Morgan fingerprint density at radius 3 is 3.04 bits per heavy atom. The molecule has 5 heteroatoms. The number of aromatic nitrogens is 1. The van der Waals surface area contributed by atoms with E-state index in [1.165, 1.54) is 0 Å². The standard InChI is InChI=1S/C19H20N2O3/c22-18-13-21(12-16-4-2-10-23-16)9-7-19(18)24-15-6-5-14-3-1-8-20-17(14)11-15/h1-6,8,10-11,18-19,22H,7,9,12-13H2/t18-,19-/m1/s1. The number of rotatable bonds is 4. The third kappa shape index (κ3) is 3.27. The summed E-state index contributed by atoms with van der Waals surface area (Å²) in [6, 6.07) is 13.6. The van der Waals surface area contributed by atoms with Gasteiger partial charge in [-0.25, -0.2) is 0 Å². The van der Waals surface area contributed by atoms with E-state index in [0.717, 1.165) is 41.9 Å². The van der Waals surface area contributed by atoms with E-state index in [0.29, 0.717) is 6.54 Å². The van der Waals surface area contributed by atoms with Crippen LogP contribution in [-0.2, 0) is 6.54 Å². The van der Waals surface area contributed by atoms with Crippen LogP contribution >= 0.6 is 0 Å². The molecule has 4 rings (SSSR count). The highest BCUT2D eigenvalue weighted by atomic mass is 16.5. The normalized spacial score (nSPS) is 21.9. The van der Waals surface area contributed by atoms with Crippen molar-refractivity contribution >= 4 is 10.9 Å². The largest absolute Gasteiger partial charge is 0.488 e. The monoisotopic (exact) mass is 324 g/mol. The van der Waals surface area contributed by atoms with Crippen molar-refractivity contribution in [3.8, 4) is 5.75 Å². The number of furan rings is 1. The fourth-order valence-corrected chi connectivity index (χ4v) is 3.17. The van der Waals surface area contributed by atoms with E-state index in [9.17, 15) is 5.11 Å². The number of likely N-dealkylation sites (tertiary alicyclic amines) is 1. The third-order valence-electron chi connectivity index (χ3n) is 4.43. The molecule has 1 aliphatic heterocycles. The first-order valence-electron chi connectivity index (χ1n) is 8.22. The molecule has 1 fully saturated rings. The smallest absolute Gasteiger partial charge is 0.127 e. The van der Waals surface area contributed by atoms with E-state index in [2.05, 4.69) is 9.88 Å². The van der Waals surface area contributed by atoms with Gasteiger partial charge in [0.2, 0.25) is 0 Å². The van der Waals surface area contributed by atoms with Crippen molar-refractivity contribution in [1.29, 1.82) is 0 Å². The van der Waals surface area contributed by atoms with Gasteiger partial charge in [0.25, 0.3) is 0 Å². The second kappa shape index (κ2) is 6.63. The number of aliphatic hydroxyl groups is 1. The van der Waals surface area contributed by atoms with Crippen LogP contribution in [-0.4, -0.2) is 40.3 Å². The Labute approximate surface area is 140 Å². The average molecular weight is 324 g/mol. The predicted octanol–water partition coefficient (Wildman–Crippen LogP) is 2.84. The Balaban J connectivity index is 1.40. The number of hydrogen-bond donors (Lipinski definition) is 1. The maximum atomic E-state index is 10.4. The first-order chi connectivity index (χ1) is 11.8. The minimum atomic E-state index is -0.520. The van der Waals surface area contributed by atoms with Gasteiger partial charge in [-0.3, -0.25) is 9.88 Å². The molecule has 2 aromatic heterocycles. The number of benzene rings is 1. The quantitative estimate of drug-likeness (QED) is 0.800. The molecule has 0 unspecified atom stereocenters.